The van der Waals surface area contributed by atoms with Gasteiger partial charge in [0.05, 0.1) is 26.5 Å². The molecule has 1 aromatic carbocycles. The predicted molar refractivity (Wildman–Crippen MR) is 89.8 cm³/mol. The van der Waals surface area contributed by atoms with Gasteiger partial charge in [0.15, 0.2) is 0 Å². The lowest BCUT2D eigenvalue weighted by Gasteiger charge is -2.23. The lowest BCUT2D eigenvalue weighted by molar-refractivity contribution is -0.657. The normalized spacial score (nSPS) is 11.5. The largest absolute Gasteiger partial charge is 1.00 e. The fourth-order valence-electron chi connectivity index (χ4n) is 1.94. The van der Waals surface area contributed by atoms with Gasteiger partial charge in [-0.2, -0.15) is 0 Å². The summed E-state index contributed by atoms with van der Waals surface area (Å²) in [7, 11) is 3.91. The molecule has 0 radical (unpaired) electrons. The topological polar surface area (TPSA) is 45.6 Å². The number of rotatable bonds is 6. The molecule has 0 saturated carbocycles. The van der Waals surface area contributed by atoms with Crippen LogP contribution in [-0.2, 0) is 14.1 Å². The van der Waals surface area contributed by atoms with E-state index in [1.807, 2.05) is 59.9 Å². The molecule has 5 nitrogen and oxygen atoms in total. The summed E-state index contributed by atoms with van der Waals surface area (Å²) < 4.78 is 3.87. The monoisotopic (exact) mass is 335 g/mol. The van der Waals surface area contributed by atoms with Crippen molar-refractivity contribution in [2.24, 2.45) is 29.7 Å². The molecular formula is C17H26ClN5. The Morgan fingerprint density at radius 3 is 2.35 bits per heavy atom. The van der Waals surface area contributed by atoms with Gasteiger partial charge in [-0.1, -0.05) is 25.9 Å². The quantitative estimate of drug-likeness (QED) is 0.624. The number of halogens is 1. The van der Waals surface area contributed by atoms with E-state index in [1.165, 1.54) is 0 Å². The van der Waals surface area contributed by atoms with Crippen molar-refractivity contribution >= 4 is 17.3 Å². The molecule has 0 saturated heterocycles. The highest BCUT2D eigenvalue weighted by atomic mass is 35.5. The number of anilines is 1. The summed E-state index contributed by atoms with van der Waals surface area (Å²) in [6.45, 7) is 7.71. The summed E-state index contributed by atoms with van der Waals surface area (Å²) in [6.07, 6.45) is 5.06. The van der Waals surface area contributed by atoms with Gasteiger partial charge in [0, 0.05) is 17.3 Å². The van der Waals surface area contributed by atoms with Crippen LogP contribution in [-0.4, -0.2) is 11.1 Å². The molecular weight excluding hydrogens is 310 g/mol. The number of azo groups is 1. The van der Waals surface area contributed by atoms with E-state index in [-0.39, 0.29) is 12.4 Å². The molecule has 1 aromatic heterocycles. The van der Waals surface area contributed by atoms with Crippen molar-refractivity contribution in [2.75, 3.05) is 11.9 Å². The second-order valence-corrected chi connectivity index (χ2v) is 6.44. The Labute approximate surface area is 144 Å². The highest BCUT2D eigenvalue weighted by Crippen LogP contribution is 2.22. The SMILES string of the molecule is CCC(C)(C)CNc1ccc(N=Nc2n(C)cc[n+]2C)cc1.[Cl-]. The first-order valence-electron chi connectivity index (χ1n) is 7.68. The maximum atomic E-state index is 4.29. The van der Waals surface area contributed by atoms with Gasteiger partial charge in [0.2, 0.25) is 0 Å². The number of aromatic nitrogens is 2. The Morgan fingerprint density at radius 1 is 1.17 bits per heavy atom. The summed E-state index contributed by atoms with van der Waals surface area (Å²) in [4.78, 5) is 0. The summed E-state index contributed by atoms with van der Waals surface area (Å²) in [5.74, 6) is 0.812. The predicted octanol–water partition coefficient (Wildman–Crippen LogP) is 1.12. The van der Waals surface area contributed by atoms with Crippen molar-refractivity contribution in [1.82, 2.24) is 4.57 Å². The fraction of sp³-hybridized carbons (Fsp3) is 0.471. The number of aryl methyl sites for hydroxylation is 2. The Balaban J connectivity index is 0.00000264. The summed E-state index contributed by atoms with van der Waals surface area (Å²) in [5.41, 5.74) is 2.27. The average Bonchev–Trinajstić information content (AvgIpc) is 2.83. The lowest BCUT2D eigenvalue weighted by atomic mass is 9.90. The molecule has 0 amide bonds. The zero-order valence-electron chi connectivity index (χ0n) is 14.5. The molecule has 0 unspecified atom stereocenters. The third kappa shape index (κ3) is 5.36. The van der Waals surface area contributed by atoms with E-state index < -0.39 is 0 Å². The molecule has 2 aromatic rings. The Kier molecular flexibility index (Phi) is 6.76. The minimum Gasteiger partial charge on any atom is -1.00 e. The highest BCUT2D eigenvalue weighted by molar-refractivity contribution is 5.50. The van der Waals surface area contributed by atoms with Crippen LogP contribution in [0.3, 0.4) is 0 Å². The van der Waals surface area contributed by atoms with E-state index in [0.29, 0.717) is 5.41 Å². The molecule has 0 aliphatic rings. The van der Waals surface area contributed by atoms with Crippen molar-refractivity contribution < 1.29 is 17.0 Å². The first-order valence-corrected chi connectivity index (χ1v) is 7.68. The van der Waals surface area contributed by atoms with Crippen LogP contribution in [0.15, 0.2) is 46.9 Å². The molecule has 0 fully saturated rings. The van der Waals surface area contributed by atoms with Gasteiger partial charge < -0.3 is 17.7 Å². The average molecular weight is 336 g/mol. The summed E-state index contributed by atoms with van der Waals surface area (Å²) >= 11 is 0. The summed E-state index contributed by atoms with van der Waals surface area (Å²) in [5, 5.41) is 12.1. The molecule has 126 valence electrons. The van der Waals surface area contributed by atoms with Gasteiger partial charge in [0.25, 0.3) is 0 Å². The van der Waals surface area contributed by atoms with E-state index in [1.54, 1.807) is 0 Å². The van der Waals surface area contributed by atoms with Gasteiger partial charge in [0.1, 0.15) is 5.69 Å². The van der Waals surface area contributed by atoms with E-state index in [2.05, 4.69) is 36.3 Å². The maximum absolute atomic E-state index is 4.29. The molecule has 0 aliphatic heterocycles. The van der Waals surface area contributed by atoms with Crippen molar-refractivity contribution in [2.45, 2.75) is 27.2 Å². The number of benzene rings is 1. The van der Waals surface area contributed by atoms with Crippen LogP contribution in [0.1, 0.15) is 27.2 Å². The fourth-order valence-corrected chi connectivity index (χ4v) is 1.94. The molecule has 0 aliphatic carbocycles. The molecule has 0 atom stereocenters. The smallest absolute Gasteiger partial charge is 0.421 e. The number of nitrogens with one attached hydrogen (secondary N) is 1. The molecule has 6 heteroatoms. The van der Waals surface area contributed by atoms with Crippen LogP contribution in [0.5, 0.6) is 0 Å². The number of hydrogen-bond acceptors (Lipinski definition) is 3. The zero-order valence-corrected chi connectivity index (χ0v) is 15.3. The third-order valence-electron chi connectivity index (χ3n) is 4.00. The Morgan fingerprint density at radius 2 is 1.83 bits per heavy atom. The van der Waals surface area contributed by atoms with Crippen molar-refractivity contribution in [3.8, 4) is 0 Å². The number of hydrogen-bond donors (Lipinski definition) is 1. The lowest BCUT2D eigenvalue weighted by Crippen LogP contribution is -3.00. The number of nitrogens with zero attached hydrogens (tertiary/aromatic N) is 4. The molecule has 0 bridgehead atoms. The standard InChI is InChI=1S/C17H25N5.ClH/c1-6-17(2,3)13-18-14-7-9-15(10-8-14)19-20-16-21(4)11-12-22(16)5;/h7-12H,6,13H2,1-5H3;1H. The second-order valence-electron chi connectivity index (χ2n) is 6.44. The molecule has 1 N–H and O–H groups in total. The van der Waals surface area contributed by atoms with Crippen LogP contribution in [0.2, 0.25) is 0 Å². The highest BCUT2D eigenvalue weighted by Gasteiger charge is 2.14. The van der Waals surface area contributed by atoms with E-state index in [4.69, 9.17) is 0 Å². The second kappa shape index (κ2) is 8.11. The van der Waals surface area contributed by atoms with Crippen LogP contribution >= 0.6 is 0 Å². The van der Waals surface area contributed by atoms with Gasteiger partial charge >= 0.3 is 5.95 Å². The van der Waals surface area contributed by atoms with Gasteiger partial charge in [-0.05, 0) is 36.1 Å². The van der Waals surface area contributed by atoms with Crippen molar-refractivity contribution in [3.05, 3.63) is 36.7 Å². The minimum atomic E-state index is 0. The minimum absolute atomic E-state index is 0. The molecule has 1 heterocycles. The van der Waals surface area contributed by atoms with Crippen LogP contribution in [0.4, 0.5) is 17.3 Å². The molecule has 2 rings (SSSR count). The third-order valence-corrected chi connectivity index (χ3v) is 4.00. The first kappa shape index (κ1) is 19.2. The van der Waals surface area contributed by atoms with E-state index >= 15 is 0 Å². The van der Waals surface area contributed by atoms with Crippen molar-refractivity contribution in [1.29, 1.82) is 0 Å². The van der Waals surface area contributed by atoms with E-state index in [0.717, 1.165) is 30.3 Å². The first-order chi connectivity index (χ1) is 10.4. The van der Waals surface area contributed by atoms with Crippen LogP contribution in [0.25, 0.3) is 0 Å². The van der Waals surface area contributed by atoms with Gasteiger partial charge in [-0.25, -0.2) is 9.13 Å². The Bertz CT molecular complexity index is 624. The van der Waals surface area contributed by atoms with Crippen LogP contribution in [0, 0.1) is 5.41 Å². The zero-order chi connectivity index (χ0) is 16.2. The van der Waals surface area contributed by atoms with Gasteiger partial charge in [-0.3, -0.25) is 0 Å². The molecule has 23 heavy (non-hydrogen) atoms. The molecule has 0 spiro atoms. The maximum Gasteiger partial charge on any atom is 0.421 e. The summed E-state index contributed by atoms with van der Waals surface area (Å²) in [6, 6.07) is 8.05. The Hall–Kier alpha value is -1.88. The van der Waals surface area contributed by atoms with Gasteiger partial charge in [-0.15, -0.1) is 0 Å². The van der Waals surface area contributed by atoms with Crippen molar-refractivity contribution in [3.63, 3.8) is 0 Å². The van der Waals surface area contributed by atoms with E-state index in [9.17, 15) is 0 Å². The number of imidazole rings is 1. The van der Waals surface area contributed by atoms with Crippen LogP contribution < -0.4 is 22.3 Å².